The zero-order valence-electron chi connectivity index (χ0n) is 34.8. The number of primary amides is 1. The van der Waals surface area contributed by atoms with Gasteiger partial charge in [-0.1, -0.05) is 68.2 Å². The smallest absolute Gasteiger partial charge is 0.246 e. The van der Waals surface area contributed by atoms with Crippen LogP contribution in [0.5, 0.6) is 0 Å². The highest BCUT2D eigenvalue weighted by Gasteiger charge is 2.42. The van der Waals surface area contributed by atoms with Crippen molar-refractivity contribution in [2.45, 2.75) is 156 Å². The molecule has 9 atom stereocenters. The Morgan fingerprint density at radius 2 is 1.11 bits per heavy atom. The van der Waals surface area contributed by atoms with Gasteiger partial charge in [0, 0.05) is 20.0 Å². The minimum absolute atomic E-state index is 0.0776. The van der Waals surface area contributed by atoms with Crippen LogP contribution in [-0.4, -0.2) is 124 Å². The molecular weight excluding hydrogens is 724 g/mol. The number of likely N-dealkylation sites (tertiary alicyclic amines) is 2. The van der Waals surface area contributed by atoms with Crippen LogP contribution >= 0.6 is 0 Å². The average Bonchev–Trinajstić information content (AvgIpc) is 3.83. The second kappa shape index (κ2) is 22.5. The fourth-order valence-corrected chi connectivity index (χ4v) is 7.25. The molecule has 2 fully saturated rings. The second-order valence-corrected chi connectivity index (χ2v) is 16.3. The zero-order chi connectivity index (χ0) is 42.4. The molecular formula is C39H68N8O9. The summed E-state index contributed by atoms with van der Waals surface area (Å²) in [4.78, 5) is 109. The van der Waals surface area contributed by atoms with Gasteiger partial charge in [-0.15, -0.1) is 0 Å². The Morgan fingerprint density at radius 1 is 0.625 bits per heavy atom. The van der Waals surface area contributed by atoms with Crippen LogP contribution in [0.3, 0.4) is 0 Å². The number of carbonyl (C=O) groups is 8. The summed E-state index contributed by atoms with van der Waals surface area (Å²) < 4.78 is 0. The fourth-order valence-electron chi connectivity index (χ4n) is 7.25. The number of aliphatic hydroxyl groups excluding tert-OH is 1. The molecule has 8 N–H and O–H groups in total. The van der Waals surface area contributed by atoms with Crippen molar-refractivity contribution < 1.29 is 43.5 Å². The van der Waals surface area contributed by atoms with Crippen molar-refractivity contribution in [1.82, 2.24) is 36.4 Å². The quantitative estimate of drug-likeness (QED) is 0.0830. The minimum atomic E-state index is -1.49. The lowest BCUT2D eigenvalue weighted by Crippen LogP contribution is -2.62. The molecule has 2 saturated heterocycles. The predicted octanol–water partition coefficient (Wildman–Crippen LogP) is 0.0743. The summed E-state index contributed by atoms with van der Waals surface area (Å²) in [7, 11) is 0. The summed E-state index contributed by atoms with van der Waals surface area (Å²) in [6.45, 7) is 15.9. The van der Waals surface area contributed by atoms with Crippen LogP contribution in [0.15, 0.2) is 0 Å². The van der Waals surface area contributed by atoms with Gasteiger partial charge in [-0.2, -0.15) is 0 Å². The van der Waals surface area contributed by atoms with E-state index < -0.39 is 96.2 Å². The number of nitrogens with zero attached hydrogens (tertiary/aromatic N) is 2. The SMILES string of the molecule is CC[C@H](C)[C@H](NC(=O)[C@@H]1CCCN1C(=O)[C@H](CC(C)C)NC(C)=O)C(=O)N[C@@H](CO)C(=O)N[C@H](C(=O)N1CCC[C@H]1C(=O)N[C@@H](CC(C)C)C(N)=O)[C@@H](C)CC. The standard InChI is InChI=1S/C39H68N8O9/c1-10-23(7)31(44-36(53)30-15-12-16-46(30)38(55)27(19-22(5)6)41-25(9)49)37(54)43-28(20-48)34(51)45-32(24(8)11-2)39(56)47-17-13-14-29(47)35(52)42-26(33(40)50)18-21(3)4/h21-24,26-32,48H,10-20H2,1-9H3,(H2,40,50)(H,41,49)(H,42,52)(H,43,54)(H,44,53)(H,45,51)/t23-,24-,26-,27-,28-,29-,30-,31-,32-/m0/s1. The molecule has 0 aromatic rings. The summed E-state index contributed by atoms with van der Waals surface area (Å²) >= 11 is 0. The minimum Gasteiger partial charge on any atom is -0.394 e. The molecule has 0 aromatic carbocycles. The first-order valence-corrected chi connectivity index (χ1v) is 20.3. The summed E-state index contributed by atoms with van der Waals surface area (Å²) in [5, 5.41) is 23.7. The normalized spacial score (nSPS) is 20.6. The Hall–Kier alpha value is -4.28. The van der Waals surface area contributed by atoms with Crippen molar-refractivity contribution in [3.63, 3.8) is 0 Å². The molecule has 2 heterocycles. The van der Waals surface area contributed by atoms with Crippen LogP contribution < -0.4 is 32.3 Å². The Bertz CT molecular complexity index is 1410. The Labute approximate surface area is 331 Å². The van der Waals surface area contributed by atoms with Crippen molar-refractivity contribution in [2.75, 3.05) is 19.7 Å². The summed E-state index contributed by atoms with van der Waals surface area (Å²) in [6, 6.07) is -7.20. The van der Waals surface area contributed by atoms with Crippen molar-refractivity contribution >= 4 is 47.3 Å². The van der Waals surface area contributed by atoms with Gasteiger partial charge in [0.1, 0.15) is 42.3 Å². The lowest BCUT2D eigenvalue weighted by molar-refractivity contribution is -0.144. The van der Waals surface area contributed by atoms with Crippen LogP contribution in [0.25, 0.3) is 0 Å². The molecule has 2 rings (SSSR count). The van der Waals surface area contributed by atoms with E-state index in [1.165, 1.54) is 16.7 Å². The van der Waals surface area contributed by atoms with E-state index in [9.17, 15) is 43.5 Å². The van der Waals surface area contributed by atoms with E-state index in [1.54, 1.807) is 13.8 Å². The van der Waals surface area contributed by atoms with Gasteiger partial charge >= 0.3 is 0 Å². The number of hydrogen-bond acceptors (Lipinski definition) is 9. The van der Waals surface area contributed by atoms with Crippen LogP contribution in [-0.2, 0) is 38.4 Å². The van der Waals surface area contributed by atoms with Crippen molar-refractivity contribution in [3.8, 4) is 0 Å². The molecule has 17 heteroatoms. The molecule has 0 radical (unpaired) electrons. The summed E-state index contributed by atoms with van der Waals surface area (Å²) in [6.07, 6.45) is 3.45. The molecule has 0 aliphatic carbocycles. The van der Waals surface area contributed by atoms with Gasteiger partial charge in [0.2, 0.25) is 47.3 Å². The predicted molar refractivity (Wildman–Crippen MR) is 209 cm³/mol. The summed E-state index contributed by atoms with van der Waals surface area (Å²) in [5.74, 6) is -5.20. The number of amides is 8. The third kappa shape index (κ3) is 13.4. The molecule has 17 nitrogen and oxygen atoms in total. The number of aliphatic hydroxyl groups is 1. The molecule has 0 spiro atoms. The highest BCUT2D eigenvalue weighted by atomic mass is 16.3. The molecule has 0 unspecified atom stereocenters. The van der Waals surface area contributed by atoms with Gasteiger partial charge in [-0.05, 0) is 62.2 Å². The van der Waals surface area contributed by atoms with Crippen LogP contribution in [0.4, 0.5) is 0 Å². The number of carbonyl (C=O) groups excluding carboxylic acids is 8. The van der Waals surface area contributed by atoms with Gasteiger partial charge in [-0.3, -0.25) is 38.4 Å². The highest BCUT2D eigenvalue weighted by Crippen LogP contribution is 2.23. The molecule has 318 valence electrons. The van der Waals surface area contributed by atoms with E-state index in [0.717, 1.165) is 0 Å². The first-order chi connectivity index (χ1) is 26.3. The lowest BCUT2D eigenvalue weighted by Gasteiger charge is -2.33. The molecule has 0 saturated carbocycles. The van der Waals surface area contributed by atoms with Gasteiger partial charge in [0.15, 0.2) is 0 Å². The number of hydrogen-bond donors (Lipinski definition) is 7. The second-order valence-electron chi connectivity index (χ2n) is 16.3. The number of rotatable bonds is 21. The van der Waals surface area contributed by atoms with E-state index in [4.69, 9.17) is 5.73 Å². The van der Waals surface area contributed by atoms with Gasteiger partial charge < -0.3 is 47.2 Å². The fraction of sp³-hybridized carbons (Fsp3) is 0.795. The van der Waals surface area contributed by atoms with E-state index >= 15 is 0 Å². The first kappa shape index (κ1) is 47.9. The molecule has 2 aliphatic rings. The topological polar surface area (TPSA) is 249 Å². The third-order valence-corrected chi connectivity index (χ3v) is 10.8. The third-order valence-electron chi connectivity index (χ3n) is 10.8. The van der Waals surface area contributed by atoms with Crippen LogP contribution in [0.2, 0.25) is 0 Å². The molecule has 0 aromatic heterocycles. The Kier molecular flexibility index (Phi) is 19.2. The lowest BCUT2D eigenvalue weighted by atomic mass is 9.96. The number of nitrogens with one attached hydrogen (secondary N) is 5. The van der Waals surface area contributed by atoms with Crippen molar-refractivity contribution in [3.05, 3.63) is 0 Å². The van der Waals surface area contributed by atoms with Gasteiger partial charge in [0.05, 0.1) is 6.61 Å². The van der Waals surface area contributed by atoms with E-state index in [0.29, 0.717) is 57.9 Å². The molecule has 56 heavy (non-hydrogen) atoms. The average molecular weight is 793 g/mol. The maximum atomic E-state index is 14.0. The Morgan fingerprint density at radius 3 is 1.57 bits per heavy atom. The zero-order valence-corrected chi connectivity index (χ0v) is 34.8. The van der Waals surface area contributed by atoms with E-state index in [-0.39, 0.29) is 30.2 Å². The van der Waals surface area contributed by atoms with Crippen molar-refractivity contribution in [2.24, 2.45) is 29.4 Å². The molecule has 0 bridgehead atoms. The van der Waals surface area contributed by atoms with E-state index in [2.05, 4.69) is 26.6 Å². The van der Waals surface area contributed by atoms with Gasteiger partial charge in [-0.25, -0.2) is 0 Å². The first-order valence-electron chi connectivity index (χ1n) is 20.3. The molecule has 8 amide bonds. The maximum absolute atomic E-state index is 14.0. The molecule has 2 aliphatic heterocycles. The summed E-state index contributed by atoms with van der Waals surface area (Å²) in [5.41, 5.74) is 5.53. The highest BCUT2D eigenvalue weighted by molar-refractivity contribution is 5.98. The largest absolute Gasteiger partial charge is 0.394 e. The van der Waals surface area contributed by atoms with Crippen LogP contribution in [0.1, 0.15) is 114 Å². The maximum Gasteiger partial charge on any atom is 0.246 e. The van der Waals surface area contributed by atoms with E-state index in [1.807, 2.05) is 41.5 Å². The number of nitrogens with two attached hydrogens (primary N) is 1. The van der Waals surface area contributed by atoms with Gasteiger partial charge in [0.25, 0.3) is 0 Å². The van der Waals surface area contributed by atoms with Crippen molar-refractivity contribution in [1.29, 1.82) is 0 Å². The van der Waals surface area contributed by atoms with Crippen LogP contribution in [0, 0.1) is 23.7 Å². The Balaban J connectivity index is 2.22. The monoisotopic (exact) mass is 793 g/mol.